The minimum Gasteiger partial charge on any atom is -0.364 e. The first kappa shape index (κ1) is 31.4. The van der Waals surface area contributed by atoms with Crippen molar-refractivity contribution in [3.8, 4) is 11.1 Å². The Labute approximate surface area is 294 Å². The first-order valence-corrected chi connectivity index (χ1v) is 17.6. The van der Waals surface area contributed by atoms with E-state index in [2.05, 4.69) is 53.6 Å². The number of carbonyl (C=O) groups is 3. The molecular formula is C36H39N11O4. The molecule has 262 valence electrons. The summed E-state index contributed by atoms with van der Waals surface area (Å²) in [6, 6.07) is 13.2. The summed E-state index contributed by atoms with van der Waals surface area (Å²) in [5.74, 6) is 0.495. The molecule has 4 aliphatic heterocycles. The van der Waals surface area contributed by atoms with Gasteiger partial charge < -0.3 is 35.4 Å². The second-order valence-electron chi connectivity index (χ2n) is 14.0. The zero-order chi connectivity index (χ0) is 35.0. The molecule has 3 saturated heterocycles. The van der Waals surface area contributed by atoms with Gasteiger partial charge in [0.15, 0.2) is 17.7 Å². The van der Waals surface area contributed by atoms with E-state index >= 15 is 0 Å². The molecule has 15 heteroatoms. The standard InChI is InChI=1S/C36H39N11O4/c1-19-31-23(16-38-47(31)21-17-45(18-21)35(50)25-9-5-11-29(40-25)46-14-6-10-27-36(46)51-27)22-7-4-8-24(32(22)44(19)3)39-26-15-28(41-33(48)20-12-13-20)42-43-30(26)34(49)37-2/h4-5,7-9,11,15-16,19-21,27,36H,6,10,12-14,17-18H2,1-3H3,(H,37,49)(H2,39,41,42,48). The van der Waals surface area contributed by atoms with Crippen molar-refractivity contribution in [3.05, 3.63) is 65.7 Å². The number of hydrogen-bond donors (Lipinski definition) is 3. The maximum atomic E-state index is 13.5. The van der Waals surface area contributed by atoms with Crippen molar-refractivity contribution in [1.82, 2.24) is 35.2 Å². The molecule has 4 fully saturated rings. The van der Waals surface area contributed by atoms with Crippen molar-refractivity contribution in [2.75, 3.05) is 54.2 Å². The van der Waals surface area contributed by atoms with Gasteiger partial charge in [-0.1, -0.05) is 18.2 Å². The van der Waals surface area contributed by atoms with Crippen molar-refractivity contribution >= 4 is 46.4 Å². The van der Waals surface area contributed by atoms with E-state index in [0.717, 1.165) is 66.2 Å². The Morgan fingerprint density at radius 3 is 2.61 bits per heavy atom. The van der Waals surface area contributed by atoms with Crippen LogP contribution in [0.2, 0.25) is 0 Å². The number of piperidine rings is 1. The number of likely N-dealkylation sites (tertiary alicyclic amines) is 1. The van der Waals surface area contributed by atoms with E-state index in [9.17, 15) is 14.4 Å². The molecule has 1 aliphatic carbocycles. The zero-order valence-corrected chi connectivity index (χ0v) is 28.7. The molecular weight excluding hydrogens is 650 g/mol. The van der Waals surface area contributed by atoms with Crippen LogP contribution in [0.3, 0.4) is 0 Å². The first-order chi connectivity index (χ1) is 24.8. The number of ether oxygens (including phenoxy) is 1. The predicted molar refractivity (Wildman–Crippen MR) is 189 cm³/mol. The van der Waals surface area contributed by atoms with E-state index in [1.807, 2.05) is 42.4 Å². The molecule has 3 unspecified atom stereocenters. The largest absolute Gasteiger partial charge is 0.364 e. The van der Waals surface area contributed by atoms with Crippen LogP contribution in [0.15, 0.2) is 48.7 Å². The summed E-state index contributed by atoms with van der Waals surface area (Å²) in [6.07, 6.45) is 6.13. The number of amides is 3. The topological polar surface area (TPSA) is 166 Å². The number of nitrogens with one attached hydrogen (secondary N) is 3. The lowest BCUT2D eigenvalue weighted by molar-refractivity contribution is -0.117. The Bertz CT molecular complexity index is 2070. The molecule has 5 aliphatic rings. The number of anilines is 5. The lowest BCUT2D eigenvalue weighted by Crippen LogP contribution is -2.52. The van der Waals surface area contributed by atoms with Gasteiger partial charge in [0.25, 0.3) is 11.8 Å². The van der Waals surface area contributed by atoms with Gasteiger partial charge in [0, 0.05) is 56.8 Å². The highest BCUT2D eigenvalue weighted by molar-refractivity contribution is 6.01. The van der Waals surface area contributed by atoms with Gasteiger partial charge in [0.1, 0.15) is 17.6 Å². The lowest BCUT2D eigenvalue weighted by Gasteiger charge is -2.42. The van der Waals surface area contributed by atoms with Crippen LogP contribution in [0.5, 0.6) is 0 Å². The maximum absolute atomic E-state index is 13.5. The SMILES string of the molecule is CNC(=O)c1nnc(NC(=O)C2CC2)cc1Nc1cccc2c1N(C)C(C)c1c-2cnn1C1CN(C(=O)c2cccc(N3CCCC4OC43)n2)C1. The number of aromatic nitrogens is 5. The molecule has 9 rings (SSSR count). The van der Waals surface area contributed by atoms with Crippen molar-refractivity contribution in [2.45, 2.75) is 57.0 Å². The highest BCUT2D eigenvalue weighted by Crippen LogP contribution is 2.49. The number of pyridine rings is 1. The molecule has 3 aromatic heterocycles. The van der Waals surface area contributed by atoms with Gasteiger partial charge in [-0.05, 0) is 50.8 Å². The van der Waals surface area contributed by atoms with Gasteiger partial charge >= 0.3 is 0 Å². The lowest BCUT2D eigenvalue weighted by atomic mass is 9.93. The number of benzene rings is 1. The molecule has 1 saturated carbocycles. The Morgan fingerprint density at radius 2 is 1.80 bits per heavy atom. The molecule has 0 bridgehead atoms. The fraction of sp³-hybridized carbons (Fsp3) is 0.417. The number of carbonyl (C=O) groups excluding carboxylic acids is 3. The third-order valence-corrected chi connectivity index (χ3v) is 10.7. The third-order valence-electron chi connectivity index (χ3n) is 10.7. The molecule has 3 N–H and O–H groups in total. The Hall–Kier alpha value is -5.57. The highest BCUT2D eigenvalue weighted by Gasteiger charge is 2.47. The molecule has 51 heavy (non-hydrogen) atoms. The zero-order valence-electron chi connectivity index (χ0n) is 28.7. The number of rotatable bonds is 8. The summed E-state index contributed by atoms with van der Waals surface area (Å²) in [4.78, 5) is 49.7. The molecule has 7 heterocycles. The normalized spacial score (nSPS) is 21.9. The summed E-state index contributed by atoms with van der Waals surface area (Å²) in [5.41, 5.74) is 5.76. The molecule has 4 aromatic rings. The van der Waals surface area contributed by atoms with Crippen LogP contribution in [0.1, 0.15) is 71.4 Å². The average molecular weight is 690 g/mol. The summed E-state index contributed by atoms with van der Waals surface area (Å²) in [6.45, 7) is 4.10. The average Bonchev–Trinajstić information content (AvgIpc) is 4.06. The van der Waals surface area contributed by atoms with E-state index < -0.39 is 5.91 Å². The smallest absolute Gasteiger partial charge is 0.273 e. The number of epoxide rings is 1. The van der Waals surface area contributed by atoms with Gasteiger partial charge in [-0.15, -0.1) is 10.2 Å². The van der Waals surface area contributed by atoms with Crippen molar-refractivity contribution in [2.24, 2.45) is 5.92 Å². The maximum Gasteiger partial charge on any atom is 0.273 e. The van der Waals surface area contributed by atoms with E-state index in [-0.39, 0.29) is 53.7 Å². The molecule has 3 amide bonds. The van der Waals surface area contributed by atoms with Crippen LogP contribution in [0.25, 0.3) is 11.1 Å². The van der Waals surface area contributed by atoms with Crippen LogP contribution in [0, 0.1) is 5.92 Å². The number of fused-ring (bicyclic) bond motifs is 4. The highest BCUT2D eigenvalue weighted by atomic mass is 16.6. The Balaban J connectivity index is 0.954. The first-order valence-electron chi connectivity index (χ1n) is 17.6. The fourth-order valence-corrected chi connectivity index (χ4v) is 7.55. The van der Waals surface area contributed by atoms with Gasteiger partial charge in [-0.25, -0.2) is 4.98 Å². The second kappa shape index (κ2) is 12.0. The summed E-state index contributed by atoms with van der Waals surface area (Å²) in [5, 5.41) is 22.0. The van der Waals surface area contributed by atoms with Crippen LogP contribution >= 0.6 is 0 Å². The summed E-state index contributed by atoms with van der Waals surface area (Å²) < 4.78 is 7.85. The van der Waals surface area contributed by atoms with Crippen LogP contribution in [0.4, 0.5) is 28.7 Å². The van der Waals surface area contributed by atoms with Crippen molar-refractivity contribution < 1.29 is 19.1 Å². The van der Waals surface area contributed by atoms with Crippen LogP contribution < -0.4 is 25.8 Å². The van der Waals surface area contributed by atoms with E-state index in [0.29, 0.717) is 24.5 Å². The van der Waals surface area contributed by atoms with E-state index in [1.165, 1.54) is 7.05 Å². The predicted octanol–water partition coefficient (Wildman–Crippen LogP) is 3.72. The fourth-order valence-electron chi connectivity index (χ4n) is 7.55. The van der Waals surface area contributed by atoms with Crippen molar-refractivity contribution in [1.29, 1.82) is 0 Å². The molecule has 0 spiro atoms. The molecule has 0 radical (unpaired) electrons. The monoisotopic (exact) mass is 689 g/mol. The minimum absolute atomic E-state index is 0.00333. The van der Waals surface area contributed by atoms with E-state index in [4.69, 9.17) is 14.8 Å². The molecule has 3 atom stereocenters. The van der Waals surface area contributed by atoms with Gasteiger partial charge in [0.05, 0.1) is 41.0 Å². The number of para-hydroxylation sites is 1. The summed E-state index contributed by atoms with van der Waals surface area (Å²) in [7, 11) is 3.57. The van der Waals surface area contributed by atoms with Crippen LogP contribution in [-0.4, -0.2) is 93.6 Å². The minimum atomic E-state index is -0.398. The second-order valence-corrected chi connectivity index (χ2v) is 14.0. The van der Waals surface area contributed by atoms with Gasteiger partial charge in [-0.3, -0.25) is 19.1 Å². The Morgan fingerprint density at radius 1 is 0.980 bits per heavy atom. The van der Waals surface area contributed by atoms with Gasteiger partial charge in [-0.2, -0.15) is 5.10 Å². The van der Waals surface area contributed by atoms with E-state index in [1.54, 1.807) is 12.1 Å². The number of hydrogen-bond acceptors (Lipinski definition) is 11. The summed E-state index contributed by atoms with van der Waals surface area (Å²) >= 11 is 0. The van der Waals surface area contributed by atoms with Gasteiger partial charge in [0.2, 0.25) is 5.91 Å². The molecule has 1 aromatic carbocycles. The molecule has 15 nitrogen and oxygen atoms in total. The number of nitrogens with zero attached hydrogens (tertiary/aromatic N) is 8. The quantitative estimate of drug-likeness (QED) is 0.231. The van der Waals surface area contributed by atoms with Crippen molar-refractivity contribution in [3.63, 3.8) is 0 Å². The third kappa shape index (κ3) is 5.42. The Kier molecular flexibility index (Phi) is 7.42. The van der Waals surface area contributed by atoms with Crippen LogP contribution in [-0.2, 0) is 9.53 Å².